The molecule has 1 saturated carbocycles. The van der Waals surface area contributed by atoms with Crippen LogP contribution in [0.15, 0.2) is 0 Å². The Morgan fingerprint density at radius 1 is 1.18 bits per heavy atom. The molecule has 0 aromatic heterocycles. The molecule has 0 bridgehead atoms. The molecule has 2 unspecified atom stereocenters. The zero-order valence-electron chi connectivity index (χ0n) is 6.10. The fourth-order valence-electron chi connectivity index (χ4n) is 1.47. The van der Waals surface area contributed by atoms with Gasteiger partial charge in [0.05, 0.1) is 5.92 Å². The molecule has 0 aromatic carbocycles. The highest BCUT2D eigenvalue weighted by molar-refractivity contribution is 5.85. The summed E-state index contributed by atoms with van der Waals surface area (Å²) in [5.74, 6) is -3.15. The lowest BCUT2D eigenvalue weighted by atomic mass is 10.0. The molecule has 5 N–H and O–H groups in total. The molecular weight excluding hydrogens is 170 g/mol. The number of aliphatic hydroxyl groups is 3. The minimum atomic E-state index is -2.57. The van der Waals surface area contributed by atoms with Gasteiger partial charge in [-0.05, 0) is 12.8 Å². The standard InChI is InChI=1S/C6H13NO3.ClH/c7-5-3-1-2-4(5)6(8,9)10;/h4-5,8-10H,1-3,7H2;1H. The third-order valence-corrected chi connectivity index (χ3v) is 2.07. The van der Waals surface area contributed by atoms with Gasteiger partial charge in [-0.15, -0.1) is 12.4 Å². The second kappa shape index (κ2) is 3.69. The Labute approximate surface area is 71.4 Å². The molecule has 0 saturated heterocycles. The van der Waals surface area contributed by atoms with Crippen LogP contribution in [0.5, 0.6) is 0 Å². The van der Waals surface area contributed by atoms with Gasteiger partial charge in [0.2, 0.25) is 0 Å². The lowest BCUT2D eigenvalue weighted by Crippen LogP contribution is -2.44. The van der Waals surface area contributed by atoms with E-state index < -0.39 is 11.9 Å². The van der Waals surface area contributed by atoms with Gasteiger partial charge in [0.15, 0.2) is 0 Å². The molecule has 0 aliphatic heterocycles. The summed E-state index contributed by atoms with van der Waals surface area (Å²) in [6.45, 7) is 0. The van der Waals surface area contributed by atoms with E-state index in [0.717, 1.165) is 12.8 Å². The van der Waals surface area contributed by atoms with E-state index in [1.54, 1.807) is 0 Å². The van der Waals surface area contributed by atoms with Gasteiger partial charge in [-0.25, -0.2) is 0 Å². The van der Waals surface area contributed by atoms with Gasteiger partial charge in [0.1, 0.15) is 0 Å². The first-order valence-corrected chi connectivity index (χ1v) is 3.44. The van der Waals surface area contributed by atoms with Crippen LogP contribution in [-0.2, 0) is 0 Å². The Morgan fingerprint density at radius 3 is 1.91 bits per heavy atom. The summed E-state index contributed by atoms with van der Waals surface area (Å²) in [4.78, 5) is 0. The molecule has 5 heteroatoms. The number of rotatable bonds is 1. The molecule has 1 aliphatic carbocycles. The second-order valence-electron chi connectivity index (χ2n) is 2.89. The van der Waals surface area contributed by atoms with Crippen LogP contribution in [0.1, 0.15) is 19.3 Å². The monoisotopic (exact) mass is 183 g/mol. The predicted molar refractivity (Wildman–Crippen MR) is 42.0 cm³/mol. The lowest BCUT2D eigenvalue weighted by molar-refractivity contribution is -0.342. The predicted octanol–water partition coefficient (Wildman–Crippen LogP) is -0.834. The smallest absolute Gasteiger partial charge is 0.279 e. The quantitative estimate of drug-likeness (QED) is 0.400. The Kier molecular flexibility index (Phi) is 3.73. The van der Waals surface area contributed by atoms with Crippen LogP contribution in [0.25, 0.3) is 0 Å². The van der Waals surface area contributed by atoms with E-state index in [1.165, 1.54) is 0 Å². The van der Waals surface area contributed by atoms with Crippen molar-refractivity contribution >= 4 is 12.4 Å². The summed E-state index contributed by atoms with van der Waals surface area (Å²) in [6.07, 6.45) is 2.20. The molecule has 0 amide bonds. The van der Waals surface area contributed by atoms with Gasteiger partial charge in [-0.2, -0.15) is 0 Å². The molecule has 1 fully saturated rings. The molecule has 1 aliphatic rings. The summed E-state index contributed by atoms with van der Waals surface area (Å²) in [6, 6.07) is -0.278. The van der Waals surface area contributed by atoms with Crippen molar-refractivity contribution in [1.29, 1.82) is 0 Å². The van der Waals surface area contributed by atoms with Crippen LogP contribution in [0.4, 0.5) is 0 Å². The zero-order valence-corrected chi connectivity index (χ0v) is 6.92. The topological polar surface area (TPSA) is 86.7 Å². The van der Waals surface area contributed by atoms with Gasteiger partial charge in [0, 0.05) is 6.04 Å². The number of hydrogen-bond acceptors (Lipinski definition) is 4. The lowest BCUT2D eigenvalue weighted by Gasteiger charge is -2.24. The van der Waals surface area contributed by atoms with E-state index in [0.29, 0.717) is 6.42 Å². The zero-order chi connectivity index (χ0) is 7.78. The van der Waals surface area contributed by atoms with Crippen LogP contribution in [0, 0.1) is 5.92 Å². The number of hydrogen-bond donors (Lipinski definition) is 4. The first-order chi connectivity index (χ1) is 4.52. The molecule has 4 nitrogen and oxygen atoms in total. The Bertz CT molecular complexity index is 125. The third kappa shape index (κ3) is 2.57. The molecule has 0 aromatic rings. The van der Waals surface area contributed by atoms with Crippen LogP contribution in [0.2, 0.25) is 0 Å². The highest BCUT2D eigenvalue weighted by Gasteiger charge is 2.39. The SMILES string of the molecule is Cl.NC1CCCC1C(O)(O)O. The van der Waals surface area contributed by atoms with Crippen molar-refractivity contribution in [2.45, 2.75) is 31.3 Å². The number of halogens is 1. The van der Waals surface area contributed by atoms with Crippen LogP contribution in [-0.4, -0.2) is 27.3 Å². The second-order valence-corrected chi connectivity index (χ2v) is 2.89. The van der Waals surface area contributed by atoms with E-state index in [1.807, 2.05) is 0 Å². The fraction of sp³-hybridized carbons (Fsp3) is 1.00. The van der Waals surface area contributed by atoms with Crippen molar-refractivity contribution < 1.29 is 15.3 Å². The average molecular weight is 184 g/mol. The van der Waals surface area contributed by atoms with E-state index in [2.05, 4.69) is 0 Å². The molecule has 11 heavy (non-hydrogen) atoms. The van der Waals surface area contributed by atoms with Crippen LogP contribution < -0.4 is 5.73 Å². The van der Waals surface area contributed by atoms with Crippen molar-refractivity contribution in [1.82, 2.24) is 0 Å². The van der Waals surface area contributed by atoms with E-state index in [-0.39, 0.29) is 18.4 Å². The van der Waals surface area contributed by atoms with Crippen molar-refractivity contribution in [2.75, 3.05) is 0 Å². The summed E-state index contributed by atoms with van der Waals surface area (Å²) in [7, 11) is 0. The van der Waals surface area contributed by atoms with Crippen LogP contribution in [0.3, 0.4) is 0 Å². The molecule has 68 valence electrons. The van der Waals surface area contributed by atoms with E-state index in [9.17, 15) is 0 Å². The minimum Gasteiger partial charge on any atom is -0.343 e. The maximum absolute atomic E-state index is 8.72. The van der Waals surface area contributed by atoms with Gasteiger partial charge in [-0.1, -0.05) is 6.42 Å². The van der Waals surface area contributed by atoms with Crippen molar-refractivity contribution in [3.8, 4) is 0 Å². The molecule has 2 atom stereocenters. The van der Waals surface area contributed by atoms with E-state index >= 15 is 0 Å². The Morgan fingerprint density at radius 2 is 1.73 bits per heavy atom. The fourth-order valence-corrected chi connectivity index (χ4v) is 1.47. The highest BCUT2D eigenvalue weighted by Crippen LogP contribution is 2.30. The highest BCUT2D eigenvalue weighted by atomic mass is 35.5. The Balaban J connectivity index is 0.000001000. The van der Waals surface area contributed by atoms with Crippen LogP contribution >= 0.6 is 12.4 Å². The minimum absolute atomic E-state index is 0. The summed E-state index contributed by atoms with van der Waals surface area (Å²) in [5.41, 5.74) is 5.49. The molecule has 1 rings (SSSR count). The third-order valence-electron chi connectivity index (χ3n) is 2.07. The van der Waals surface area contributed by atoms with Crippen molar-refractivity contribution in [3.63, 3.8) is 0 Å². The first-order valence-electron chi connectivity index (χ1n) is 3.44. The Hall–Kier alpha value is 0.130. The number of nitrogens with two attached hydrogens (primary N) is 1. The maximum Gasteiger partial charge on any atom is 0.279 e. The summed E-state index contributed by atoms with van der Waals surface area (Å²) in [5, 5.41) is 26.2. The van der Waals surface area contributed by atoms with E-state index in [4.69, 9.17) is 21.1 Å². The molecule has 0 spiro atoms. The van der Waals surface area contributed by atoms with Gasteiger partial charge in [-0.3, -0.25) is 0 Å². The van der Waals surface area contributed by atoms with Crippen molar-refractivity contribution in [2.24, 2.45) is 11.7 Å². The normalized spacial score (nSPS) is 31.6. The van der Waals surface area contributed by atoms with Gasteiger partial charge >= 0.3 is 0 Å². The maximum atomic E-state index is 8.72. The van der Waals surface area contributed by atoms with Gasteiger partial charge in [0.25, 0.3) is 5.97 Å². The summed E-state index contributed by atoms with van der Waals surface area (Å²) < 4.78 is 0. The summed E-state index contributed by atoms with van der Waals surface area (Å²) >= 11 is 0. The first kappa shape index (κ1) is 11.1. The van der Waals surface area contributed by atoms with Crippen molar-refractivity contribution in [3.05, 3.63) is 0 Å². The average Bonchev–Trinajstić information content (AvgIpc) is 2.11. The molecule has 0 heterocycles. The molecular formula is C6H14ClNO3. The molecule has 0 radical (unpaired) electrons. The van der Waals surface area contributed by atoms with Gasteiger partial charge < -0.3 is 21.1 Å². The largest absolute Gasteiger partial charge is 0.343 e.